The normalized spacial score (nSPS) is 14.1. The Morgan fingerprint density at radius 3 is 2.59 bits per heavy atom. The minimum absolute atomic E-state index is 0.281. The van der Waals surface area contributed by atoms with Gasteiger partial charge in [0.05, 0.1) is 18.9 Å². The maximum atomic E-state index is 13.1. The zero-order valence-electron chi connectivity index (χ0n) is 16.2. The van der Waals surface area contributed by atoms with Crippen molar-refractivity contribution >= 4 is 17.7 Å². The van der Waals surface area contributed by atoms with E-state index >= 15 is 0 Å². The first-order valence-electron chi connectivity index (χ1n) is 9.29. The van der Waals surface area contributed by atoms with Crippen LogP contribution >= 0.6 is 0 Å². The molecule has 4 rings (SSSR count). The number of nitrogens with zero attached hydrogens (tertiary/aromatic N) is 5. The number of hydrogen-bond donors (Lipinski definition) is 1. The van der Waals surface area contributed by atoms with E-state index in [-0.39, 0.29) is 17.4 Å². The fourth-order valence-corrected chi connectivity index (χ4v) is 3.10. The van der Waals surface area contributed by atoms with Gasteiger partial charge in [-0.2, -0.15) is 5.10 Å². The predicted molar refractivity (Wildman–Crippen MR) is 106 cm³/mol. The van der Waals surface area contributed by atoms with Crippen molar-refractivity contribution in [1.82, 2.24) is 19.7 Å². The Morgan fingerprint density at radius 1 is 1.14 bits per heavy atom. The van der Waals surface area contributed by atoms with Gasteiger partial charge in [-0.15, -0.1) is 0 Å². The van der Waals surface area contributed by atoms with Crippen molar-refractivity contribution in [2.45, 2.75) is 6.92 Å². The standard InChI is InChI=1S/C20H21FN6O2/c1-13-11-17(23-20(22-13)27-7-9-29-10-8-27)19(28)24-18-12-16(25-26(18)2)14-3-5-15(21)6-4-14/h3-6,11-12H,7-10H2,1-2H3,(H,24,28). The summed E-state index contributed by atoms with van der Waals surface area (Å²) in [6.07, 6.45) is 0. The SMILES string of the molecule is Cc1cc(C(=O)Nc2cc(-c3ccc(F)cc3)nn2C)nc(N2CCOCC2)n1. The molecule has 3 aromatic rings. The molecule has 0 aliphatic carbocycles. The van der Waals surface area contributed by atoms with E-state index in [4.69, 9.17) is 4.74 Å². The monoisotopic (exact) mass is 396 g/mol. The fourth-order valence-electron chi connectivity index (χ4n) is 3.10. The highest BCUT2D eigenvalue weighted by Crippen LogP contribution is 2.22. The number of aryl methyl sites for hydroxylation is 2. The highest BCUT2D eigenvalue weighted by Gasteiger charge is 2.18. The number of carbonyl (C=O) groups excluding carboxylic acids is 1. The lowest BCUT2D eigenvalue weighted by atomic mass is 10.1. The Labute approximate surface area is 167 Å². The van der Waals surface area contributed by atoms with Gasteiger partial charge in [0.25, 0.3) is 5.91 Å². The van der Waals surface area contributed by atoms with Crippen LogP contribution in [0.2, 0.25) is 0 Å². The molecule has 1 aliphatic heterocycles. The molecule has 1 fully saturated rings. The number of aromatic nitrogens is 4. The fraction of sp³-hybridized carbons (Fsp3) is 0.300. The maximum absolute atomic E-state index is 13.1. The second-order valence-electron chi connectivity index (χ2n) is 6.79. The van der Waals surface area contributed by atoms with E-state index in [0.717, 1.165) is 5.56 Å². The van der Waals surface area contributed by atoms with Gasteiger partial charge in [0.15, 0.2) is 0 Å². The van der Waals surface area contributed by atoms with Crippen LogP contribution in [0.4, 0.5) is 16.2 Å². The molecule has 0 atom stereocenters. The van der Waals surface area contributed by atoms with E-state index in [2.05, 4.69) is 20.4 Å². The lowest BCUT2D eigenvalue weighted by Gasteiger charge is -2.27. The van der Waals surface area contributed by atoms with E-state index in [1.54, 1.807) is 36.0 Å². The van der Waals surface area contributed by atoms with Crippen LogP contribution in [-0.2, 0) is 11.8 Å². The number of morpholine rings is 1. The largest absolute Gasteiger partial charge is 0.378 e. The van der Waals surface area contributed by atoms with Crippen LogP contribution in [0.25, 0.3) is 11.3 Å². The minimum atomic E-state index is -0.348. The summed E-state index contributed by atoms with van der Waals surface area (Å²) in [6.45, 7) is 4.43. The molecule has 3 heterocycles. The van der Waals surface area contributed by atoms with Gasteiger partial charge >= 0.3 is 0 Å². The predicted octanol–water partition coefficient (Wildman–Crippen LogP) is 2.41. The van der Waals surface area contributed by atoms with Crippen molar-refractivity contribution in [2.24, 2.45) is 7.05 Å². The lowest BCUT2D eigenvalue weighted by molar-refractivity contribution is 0.102. The van der Waals surface area contributed by atoms with Crippen molar-refractivity contribution in [3.8, 4) is 11.3 Å². The van der Waals surface area contributed by atoms with Crippen LogP contribution in [0.15, 0.2) is 36.4 Å². The number of amides is 1. The quantitative estimate of drug-likeness (QED) is 0.729. The number of ether oxygens (including phenoxy) is 1. The average molecular weight is 396 g/mol. The average Bonchev–Trinajstić information content (AvgIpc) is 3.09. The van der Waals surface area contributed by atoms with E-state index in [1.807, 2.05) is 11.8 Å². The second-order valence-corrected chi connectivity index (χ2v) is 6.79. The summed E-state index contributed by atoms with van der Waals surface area (Å²) in [6, 6.07) is 9.42. The maximum Gasteiger partial charge on any atom is 0.275 e. The van der Waals surface area contributed by atoms with Gasteiger partial charge in [0, 0.05) is 37.5 Å². The van der Waals surface area contributed by atoms with Crippen molar-refractivity contribution in [1.29, 1.82) is 0 Å². The number of rotatable bonds is 4. The third kappa shape index (κ3) is 4.24. The summed E-state index contributed by atoms with van der Waals surface area (Å²) in [5.41, 5.74) is 2.39. The summed E-state index contributed by atoms with van der Waals surface area (Å²) in [7, 11) is 1.73. The lowest BCUT2D eigenvalue weighted by Crippen LogP contribution is -2.37. The van der Waals surface area contributed by atoms with Crippen LogP contribution < -0.4 is 10.2 Å². The highest BCUT2D eigenvalue weighted by molar-refractivity contribution is 6.02. The van der Waals surface area contributed by atoms with Crippen molar-refractivity contribution in [3.63, 3.8) is 0 Å². The summed E-state index contributed by atoms with van der Waals surface area (Å²) in [4.78, 5) is 23.7. The van der Waals surface area contributed by atoms with Gasteiger partial charge in [-0.1, -0.05) is 0 Å². The van der Waals surface area contributed by atoms with Crippen molar-refractivity contribution in [2.75, 3.05) is 36.5 Å². The first-order chi connectivity index (χ1) is 14.0. The Hall–Kier alpha value is -3.33. The van der Waals surface area contributed by atoms with Gasteiger partial charge in [-0.05, 0) is 37.3 Å². The summed E-state index contributed by atoms with van der Waals surface area (Å²) >= 11 is 0. The molecular formula is C20H21FN6O2. The molecule has 1 saturated heterocycles. The van der Waals surface area contributed by atoms with E-state index in [9.17, 15) is 9.18 Å². The molecule has 1 aliphatic rings. The Balaban J connectivity index is 1.55. The topological polar surface area (TPSA) is 85.2 Å². The van der Waals surface area contributed by atoms with Gasteiger partial charge < -0.3 is 15.0 Å². The van der Waals surface area contributed by atoms with Crippen LogP contribution in [0.1, 0.15) is 16.2 Å². The molecule has 0 saturated carbocycles. The first-order valence-corrected chi connectivity index (χ1v) is 9.29. The second kappa shape index (κ2) is 7.96. The Morgan fingerprint density at radius 2 is 1.86 bits per heavy atom. The zero-order valence-corrected chi connectivity index (χ0v) is 16.2. The van der Waals surface area contributed by atoms with Gasteiger partial charge in [-0.25, -0.2) is 14.4 Å². The molecule has 1 aromatic carbocycles. The van der Waals surface area contributed by atoms with Crippen molar-refractivity contribution < 1.29 is 13.9 Å². The number of nitrogens with one attached hydrogen (secondary N) is 1. The molecule has 1 amide bonds. The Bertz CT molecular complexity index is 1030. The number of anilines is 2. The molecule has 150 valence electrons. The van der Waals surface area contributed by atoms with Crippen LogP contribution in [0.3, 0.4) is 0 Å². The van der Waals surface area contributed by atoms with E-state index < -0.39 is 0 Å². The van der Waals surface area contributed by atoms with Gasteiger partial charge in [-0.3, -0.25) is 9.48 Å². The van der Waals surface area contributed by atoms with Crippen LogP contribution in [0, 0.1) is 12.7 Å². The van der Waals surface area contributed by atoms with Crippen LogP contribution in [-0.4, -0.2) is 52.0 Å². The molecule has 1 N–H and O–H groups in total. The molecular weight excluding hydrogens is 375 g/mol. The summed E-state index contributed by atoms with van der Waals surface area (Å²) in [5.74, 6) is 0.376. The molecule has 0 unspecified atom stereocenters. The molecule has 29 heavy (non-hydrogen) atoms. The first kappa shape index (κ1) is 19.0. The van der Waals surface area contributed by atoms with E-state index in [1.165, 1.54) is 12.1 Å². The Kier molecular flexibility index (Phi) is 5.22. The highest BCUT2D eigenvalue weighted by atomic mass is 19.1. The molecule has 8 nitrogen and oxygen atoms in total. The van der Waals surface area contributed by atoms with Crippen molar-refractivity contribution in [3.05, 3.63) is 53.6 Å². The molecule has 0 spiro atoms. The smallest absolute Gasteiger partial charge is 0.275 e. The van der Waals surface area contributed by atoms with Gasteiger partial charge in [0.1, 0.15) is 17.3 Å². The minimum Gasteiger partial charge on any atom is -0.378 e. The van der Waals surface area contributed by atoms with E-state index in [0.29, 0.717) is 49.5 Å². The molecule has 0 radical (unpaired) electrons. The summed E-state index contributed by atoms with van der Waals surface area (Å²) < 4.78 is 20.1. The third-order valence-electron chi connectivity index (χ3n) is 4.63. The number of halogens is 1. The number of carbonyl (C=O) groups is 1. The van der Waals surface area contributed by atoms with Gasteiger partial charge in [0.2, 0.25) is 5.95 Å². The van der Waals surface area contributed by atoms with Crippen LogP contribution in [0.5, 0.6) is 0 Å². The number of hydrogen-bond acceptors (Lipinski definition) is 6. The zero-order chi connectivity index (χ0) is 20.4. The number of benzene rings is 1. The molecule has 2 aromatic heterocycles. The summed E-state index contributed by atoms with van der Waals surface area (Å²) in [5, 5.41) is 7.23. The third-order valence-corrected chi connectivity index (χ3v) is 4.63. The molecule has 9 heteroatoms. The molecule has 0 bridgehead atoms.